The van der Waals surface area contributed by atoms with Gasteiger partial charge in [-0.25, -0.2) is 4.39 Å². The molecule has 1 saturated heterocycles. The summed E-state index contributed by atoms with van der Waals surface area (Å²) >= 11 is 0. The van der Waals surface area contributed by atoms with Crippen molar-refractivity contribution in [3.05, 3.63) is 29.6 Å². The molecule has 0 bridgehead atoms. The Bertz CT molecular complexity index is 428. The minimum atomic E-state index is -1.61. The summed E-state index contributed by atoms with van der Waals surface area (Å²) in [6, 6.07) is 4.24. The van der Waals surface area contributed by atoms with Crippen molar-refractivity contribution in [2.24, 2.45) is 5.92 Å². The maximum atomic E-state index is 13.2. The lowest BCUT2D eigenvalue weighted by atomic mass is 9.76. The quantitative estimate of drug-likeness (QED) is 0.802. The predicted molar refractivity (Wildman–Crippen MR) is 74.5 cm³/mol. The van der Waals surface area contributed by atoms with Crippen LogP contribution in [0, 0.1) is 11.7 Å². The topological polar surface area (TPSA) is 43.7 Å². The molecule has 0 aliphatic carbocycles. The van der Waals surface area contributed by atoms with Crippen LogP contribution in [0.4, 0.5) is 4.39 Å². The summed E-state index contributed by atoms with van der Waals surface area (Å²) in [7, 11) is -1.61. The first-order valence-electron chi connectivity index (χ1n) is 6.97. The zero-order valence-corrected chi connectivity index (χ0v) is 11.3. The number of halogens is 1. The van der Waals surface area contributed by atoms with Gasteiger partial charge in [0, 0.05) is 13.1 Å². The molecule has 104 valence electrons. The molecule has 1 heterocycles. The van der Waals surface area contributed by atoms with Gasteiger partial charge in [0.15, 0.2) is 0 Å². The van der Waals surface area contributed by atoms with Crippen LogP contribution in [0.3, 0.4) is 0 Å². The van der Waals surface area contributed by atoms with Crippen molar-refractivity contribution in [1.29, 1.82) is 0 Å². The Morgan fingerprint density at radius 1 is 1.42 bits per heavy atom. The highest BCUT2D eigenvalue weighted by atomic mass is 19.1. The average molecular weight is 265 g/mol. The van der Waals surface area contributed by atoms with Crippen molar-refractivity contribution in [3.8, 4) is 0 Å². The number of hydrogen-bond donors (Lipinski definition) is 2. The van der Waals surface area contributed by atoms with E-state index in [4.69, 9.17) is 0 Å². The fourth-order valence-corrected chi connectivity index (χ4v) is 2.82. The van der Waals surface area contributed by atoms with Crippen LogP contribution in [-0.2, 0) is 6.54 Å². The van der Waals surface area contributed by atoms with Crippen molar-refractivity contribution in [1.82, 2.24) is 4.90 Å². The van der Waals surface area contributed by atoms with Crippen LogP contribution in [-0.4, -0.2) is 35.2 Å². The van der Waals surface area contributed by atoms with Gasteiger partial charge in [-0.2, -0.15) is 0 Å². The molecular formula is C14H21BFNO2. The molecule has 1 aliphatic rings. The molecule has 3 nitrogen and oxygen atoms in total. The monoisotopic (exact) mass is 265 g/mol. The van der Waals surface area contributed by atoms with Crippen LogP contribution in [0.2, 0.25) is 0 Å². The maximum Gasteiger partial charge on any atom is 0.488 e. The Hall–Kier alpha value is -0.905. The molecule has 0 amide bonds. The lowest BCUT2D eigenvalue weighted by Crippen LogP contribution is -2.39. The van der Waals surface area contributed by atoms with Crippen molar-refractivity contribution < 1.29 is 14.4 Å². The molecule has 5 heteroatoms. The SMILES string of the molecule is CCC1CCCN(Cc2ccc(F)cc2B(O)O)C1. The number of hydrogen-bond acceptors (Lipinski definition) is 3. The van der Waals surface area contributed by atoms with Crippen molar-refractivity contribution in [2.75, 3.05) is 13.1 Å². The van der Waals surface area contributed by atoms with E-state index in [2.05, 4.69) is 11.8 Å². The van der Waals surface area contributed by atoms with Gasteiger partial charge in [0.25, 0.3) is 0 Å². The number of rotatable bonds is 4. The second-order valence-corrected chi connectivity index (χ2v) is 5.37. The van der Waals surface area contributed by atoms with Gasteiger partial charge in [0.2, 0.25) is 0 Å². The van der Waals surface area contributed by atoms with E-state index in [1.54, 1.807) is 6.07 Å². The zero-order chi connectivity index (χ0) is 13.8. The predicted octanol–water partition coefficient (Wildman–Crippen LogP) is 1.13. The second kappa shape index (κ2) is 6.50. The van der Waals surface area contributed by atoms with Crippen molar-refractivity contribution in [3.63, 3.8) is 0 Å². The fourth-order valence-electron chi connectivity index (χ4n) is 2.82. The third-order valence-electron chi connectivity index (χ3n) is 3.96. The van der Waals surface area contributed by atoms with E-state index in [0.29, 0.717) is 6.54 Å². The molecule has 19 heavy (non-hydrogen) atoms. The second-order valence-electron chi connectivity index (χ2n) is 5.37. The van der Waals surface area contributed by atoms with Gasteiger partial charge in [-0.05, 0) is 48.5 Å². The Balaban J connectivity index is 2.10. The summed E-state index contributed by atoms with van der Waals surface area (Å²) in [5.41, 5.74) is 1.08. The molecule has 1 atom stereocenters. The molecule has 1 unspecified atom stereocenters. The molecule has 2 rings (SSSR count). The summed E-state index contributed by atoms with van der Waals surface area (Å²) in [4.78, 5) is 2.32. The number of likely N-dealkylation sites (tertiary alicyclic amines) is 1. The highest BCUT2D eigenvalue weighted by molar-refractivity contribution is 6.59. The highest BCUT2D eigenvalue weighted by Gasteiger charge is 2.22. The van der Waals surface area contributed by atoms with E-state index in [-0.39, 0.29) is 5.46 Å². The minimum Gasteiger partial charge on any atom is -0.423 e. The first-order valence-corrected chi connectivity index (χ1v) is 6.97. The Kier molecular flexibility index (Phi) is 4.96. The Morgan fingerprint density at radius 2 is 2.21 bits per heavy atom. The number of nitrogens with zero attached hydrogens (tertiary/aromatic N) is 1. The highest BCUT2D eigenvalue weighted by Crippen LogP contribution is 2.20. The van der Waals surface area contributed by atoms with E-state index < -0.39 is 12.9 Å². The van der Waals surface area contributed by atoms with Crippen LogP contribution < -0.4 is 5.46 Å². The van der Waals surface area contributed by atoms with Crippen molar-refractivity contribution in [2.45, 2.75) is 32.7 Å². The zero-order valence-electron chi connectivity index (χ0n) is 11.3. The van der Waals surface area contributed by atoms with Gasteiger partial charge in [-0.15, -0.1) is 0 Å². The molecule has 1 fully saturated rings. The van der Waals surface area contributed by atoms with Gasteiger partial charge < -0.3 is 10.0 Å². The summed E-state index contributed by atoms with van der Waals surface area (Å²) in [6.07, 6.45) is 3.62. The molecule has 0 aromatic heterocycles. The smallest absolute Gasteiger partial charge is 0.423 e. The molecular weight excluding hydrogens is 244 g/mol. The van der Waals surface area contributed by atoms with Crippen molar-refractivity contribution >= 4 is 12.6 Å². The van der Waals surface area contributed by atoms with Gasteiger partial charge in [-0.1, -0.05) is 19.4 Å². The van der Waals surface area contributed by atoms with Crippen LogP contribution in [0.25, 0.3) is 0 Å². The van der Waals surface area contributed by atoms with Crippen LogP contribution in [0.15, 0.2) is 18.2 Å². The fraction of sp³-hybridized carbons (Fsp3) is 0.571. The molecule has 2 N–H and O–H groups in total. The largest absolute Gasteiger partial charge is 0.488 e. The van der Waals surface area contributed by atoms with Gasteiger partial charge in [0.05, 0.1) is 0 Å². The first-order chi connectivity index (χ1) is 9.10. The third-order valence-corrected chi connectivity index (χ3v) is 3.96. The minimum absolute atomic E-state index is 0.277. The lowest BCUT2D eigenvalue weighted by molar-refractivity contribution is 0.165. The molecule has 0 radical (unpaired) electrons. The summed E-state index contributed by atoms with van der Waals surface area (Å²) in [5, 5.41) is 18.7. The summed E-state index contributed by atoms with van der Waals surface area (Å²) < 4.78 is 13.2. The molecule has 1 aromatic carbocycles. The number of piperidine rings is 1. The summed E-state index contributed by atoms with van der Waals surface area (Å²) in [6.45, 7) is 4.92. The number of benzene rings is 1. The standard InChI is InChI=1S/C14H21BFNO2/c1-2-11-4-3-7-17(9-11)10-12-5-6-13(16)8-14(12)15(18)19/h5-6,8,11,18-19H,2-4,7,9-10H2,1H3. The third kappa shape index (κ3) is 3.78. The maximum absolute atomic E-state index is 13.2. The van der Waals surface area contributed by atoms with Gasteiger partial charge in [-0.3, -0.25) is 4.90 Å². The van der Waals surface area contributed by atoms with E-state index in [1.807, 2.05) is 0 Å². The van der Waals surface area contributed by atoms with Gasteiger partial charge >= 0.3 is 7.12 Å². The van der Waals surface area contributed by atoms with E-state index >= 15 is 0 Å². The molecule has 1 aromatic rings. The molecule has 1 aliphatic heterocycles. The first kappa shape index (κ1) is 14.5. The lowest BCUT2D eigenvalue weighted by Gasteiger charge is -2.32. The van der Waals surface area contributed by atoms with Crippen LogP contribution in [0.5, 0.6) is 0 Å². The van der Waals surface area contributed by atoms with Crippen LogP contribution in [0.1, 0.15) is 31.7 Å². The Morgan fingerprint density at radius 3 is 2.89 bits per heavy atom. The normalized spacial score (nSPS) is 20.5. The van der Waals surface area contributed by atoms with E-state index in [9.17, 15) is 14.4 Å². The molecule has 0 saturated carbocycles. The van der Waals surface area contributed by atoms with Crippen LogP contribution >= 0.6 is 0 Å². The average Bonchev–Trinajstić information content (AvgIpc) is 2.41. The van der Waals surface area contributed by atoms with Gasteiger partial charge in [0.1, 0.15) is 5.82 Å². The van der Waals surface area contributed by atoms with E-state index in [1.165, 1.54) is 31.4 Å². The molecule has 0 spiro atoms. The Labute approximate surface area is 114 Å². The summed E-state index contributed by atoms with van der Waals surface area (Å²) in [5.74, 6) is 0.286. The van der Waals surface area contributed by atoms with E-state index in [0.717, 1.165) is 24.6 Å².